The third-order valence-electron chi connectivity index (χ3n) is 2.49. The molecule has 0 aromatic heterocycles. The van der Waals surface area contributed by atoms with Gasteiger partial charge in [0.15, 0.2) is 0 Å². The number of halogens is 3. The van der Waals surface area contributed by atoms with Crippen LogP contribution < -0.4 is 5.32 Å². The molecule has 0 aliphatic carbocycles. The van der Waals surface area contributed by atoms with E-state index < -0.39 is 24.4 Å². The number of aliphatic hydroxyl groups is 2. The minimum Gasteiger partial charge on any atom is -0.393 e. The predicted molar refractivity (Wildman–Crippen MR) is 61.0 cm³/mol. The van der Waals surface area contributed by atoms with Crippen molar-refractivity contribution in [2.24, 2.45) is 0 Å². The molecule has 1 rings (SSSR count). The molecule has 2 atom stereocenters. The quantitative estimate of drug-likeness (QED) is 0.756. The second-order valence-corrected chi connectivity index (χ2v) is 4.42. The van der Waals surface area contributed by atoms with E-state index in [-0.39, 0.29) is 12.1 Å². The first-order valence-electron chi connectivity index (χ1n) is 5.44. The molecular formula is C12H16F3NO2. The molecule has 3 N–H and O–H groups in total. The predicted octanol–water partition coefficient (Wildman–Crippen LogP) is 1.62. The molecule has 0 saturated heterocycles. The van der Waals surface area contributed by atoms with Crippen LogP contribution in [0.15, 0.2) is 30.3 Å². The summed E-state index contributed by atoms with van der Waals surface area (Å²) in [6.07, 6.45) is -4.47. The van der Waals surface area contributed by atoms with E-state index in [1.165, 1.54) is 31.2 Å². The molecule has 0 saturated carbocycles. The van der Waals surface area contributed by atoms with Gasteiger partial charge in [-0.3, -0.25) is 5.32 Å². The molecule has 0 spiro atoms. The van der Waals surface area contributed by atoms with Gasteiger partial charge in [0.05, 0.1) is 12.2 Å². The van der Waals surface area contributed by atoms with Gasteiger partial charge in [0.25, 0.3) is 0 Å². The van der Waals surface area contributed by atoms with Crippen LogP contribution in [0.2, 0.25) is 0 Å². The molecule has 6 heteroatoms. The molecule has 102 valence electrons. The maximum absolute atomic E-state index is 12.9. The molecule has 0 aliphatic rings. The number of alkyl halides is 3. The highest BCUT2D eigenvalue weighted by Crippen LogP contribution is 2.32. The molecule has 3 nitrogen and oxygen atoms in total. The van der Waals surface area contributed by atoms with Crippen molar-refractivity contribution in [2.75, 3.05) is 13.2 Å². The Kier molecular flexibility index (Phi) is 4.72. The van der Waals surface area contributed by atoms with Gasteiger partial charge in [-0.2, -0.15) is 13.2 Å². The Hall–Kier alpha value is -1.11. The van der Waals surface area contributed by atoms with E-state index in [0.29, 0.717) is 0 Å². The summed E-state index contributed by atoms with van der Waals surface area (Å²) in [6, 6.07) is 5.51. The Morgan fingerprint density at radius 1 is 1.22 bits per heavy atom. The van der Waals surface area contributed by atoms with E-state index in [2.05, 4.69) is 5.32 Å². The summed E-state index contributed by atoms with van der Waals surface area (Å²) in [4.78, 5) is 0. The van der Waals surface area contributed by atoms with E-state index >= 15 is 0 Å². The van der Waals surface area contributed by atoms with Crippen LogP contribution >= 0.6 is 0 Å². The lowest BCUT2D eigenvalue weighted by Gasteiger charge is -2.27. The summed E-state index contributed by atoms with van der Waals surface area (Å²) in [6.45, 7) is 0.292. The van der Waals surface area contributed by atoms with E-state index in [1.807, 2.05) is 0 Å². The lowest BCUT2D eigenvalue weighted by molar-refractivity contribution is -0.160. The van der Waals surface area contributed by atoms with Gasteiger partial charge in [-0.05, 0) is 12.5 Å². The fraction of sp³-hybridized carbons (Fsp3) is 0.500. The monoisotopic (exact) mass is 263 g/mol. The van der Waals surface area contributed by atoms with Gasteiger partial charge in [-0.15, -0.1) is 0 Å². The van der Waals surface area contributed by atoms with Crippen LogP contribution in [0.3, 0.4) is 0 Å². The first-order valence-corrected chi connectivity index (χ1v) is 5.44. The summed E-state index contributed by atoms with van der Waals surface area (Å²) in [5.41, 5.74) is -1.52. The minimum atomic E-state index is -4.47. The third kappa shape index (κ3) is 4.29. The average Bonchev–Trinajstić information content (AvgIpc) is 2.29. The highest BCUT2D eigenvalue weighted by molar-refractivity contribution is 5.20. The molecule has 0 radical (unpaired) electrons. The van der Waals surface area contributed by atoms with Crippen molar-refractivity contribution in [1.29, 1.82) is 0 Å². The zero-order chi connectivity index (χ0) is 13.8. The number of nitrogens with one attached hydrogen (secondary N) is 1. The Bertz CT molecular complexity index is 365. The maximum Gasteiger partial charge on any atom is 0.407 e. The molecule has 0 bridgehead atoms. The summed E-state index contributed by atoms with van der Waals surface area (Å²) in [7, 11) is 0. The summed E-state index contributed by atoms with van der Waals surface area (Å²) in [5, 5.41) is 20.5. The van der Waals surface area contributed by atoms with Crippen molar-refractivity contribution in [1.82, 2.24) is 5.32 Å². The Morgan fingerprint density at radius 2 is 1.78 bits per heavy atom. The molecule has 0 heterocycles. The van der Waals surface area contributed by atoms with Gasteiger partial charge in [-0.25, -0.2) is 0 Å². The molecule has 0 fully saturated rings. The maximum atomic E-state index is 12.9. The second kappa shape index (κ2) is 5.69. The van der Waals surface area contributed by atoms with Gasteiger partial charge in [0.1, 0.15) is 6.04 Å². The fourth-order valence-electron chi connectivity index (χ4n) is 1.45. The third-order valence-corrected chi connectivity index (χ3v) is 2.49. The number of hydrogen-bond acceptors (Lipinski definition) is 3. The van der Waals surface area contributed by atoms with Crippen molar-refractivity contribution >= 4 is 0 Å². The van der Waals surface area contributed by atoms with Gasteiger partial charge >= 0.3 is 6.18 Å². The fourth-order valence-corrected chi connectivity index (χ4v) is 1.45. The number of aliphatic hydroxyl groups excluding tert-OH is 1. The molecule has 1 aromatic rings. The normalized spacial score (nSPS) is 17.2. The van der Waals surface area contributed by atoms with Gasteiger partial charge in [0, 0.05) is 6.54 Å². The van der Waals surface area contributed by atoms with Crippen LogP contribution in [-0.4, -0.2) is 35.1 Å². The van der Waals surface area contributed by atoms with Crippen molar-refractivity contribution in [2.45, 2.75) is 24.7 Å². The molecule has 0 aliphatic heterocycles. The standard InChI is InChI=1S/C12H16F3NO2/c1-11(18,8-17)7-16-10(12(13,14)15)9-5-3-2-4-6-9/h2-6,10,16-18H,7-8H2,1H3. The van der Waals surface area contributed by atoms with Crippen molar-refractivity contribution in [3.63, 3.8) is 0 Å². The van der Waals surface area contributed by atoms with Crippen molar-refractivity contribution in [3.8, 4) is 0 Å². The second-order valence-electron chi connectivity index (χ2n) is 4.42. The molecule has 1 aromatic carbocycles. The Balaban J connectivity index is 2.82. The lowest BCUT2D eigenvalue weighted by Crippen LogP contribution is -2.45. The van der Waals surface area contributed by atoms with Crippen LogP contribution in [-0.2, 0) is 0 Å². The highest BCUT2D eigenvalue weighted by Gasteiger charge is 2.41. The van der Waals surface area contributed by atoms with Crippen LogP contribution in [0, 0.1) is 0 Å². The SMILES string of the molecule is CC(O)(CO)CNC(c1ccccc1)C(F)(F)F. The van der Waals surface area contributed by atoms with Gasteiger partial charge < -0.3 is 10.2 Å². The number of hydrogen-bond donors (Lipinski definition) is 3. The smallest absolute Gasteiger partial charge is 0.393 e. The van der Waals surface area contributed by atoms with Crippen LogP contribution in [0.5, 0.6) is 0 Å². The lowest BCUT2D eigenvalue weighted by atomic mass is 10.0. The number of rotatable bonds is 5. The first kappa shape index (κ1) is 14.9. The van der Waals surface area contributed by atoms with Crippen LogP contribution in [0.25, 0.3) is 0 Å². The number of benzene rings is 1. The Labute approximate surface area is 103 Å². The van der Waals surface area contributed by atoms with E-state index in [0.717, 1.165) is 0 Å². The van der Waals surface area contributed by atoms with E-state index in [9.17, 15) is 18.3 Å². The summed E-state index contributed by atoms with van der Waals surface area (Å²) in [5.74, 6) is 0. The van der Waals surface area contributed by atoms with Crippen LogP contribution in [0.4, 0.5) is 13.2 Å². The van der Waals surface area contributed by atoms with Gasteiger partial charge in [0.2, 0.25) is 0 Å². The van der Waals surface area contributed by atoms with Crippen molar-refractivity contribution < 1.29 is 23.4 Å². The molecule has 18 heavy (non-hydrogen) atoms. The largest absolute Gasteiger partial charge is 0.407 e. The van der Waals surface area contributed by atoms with Crippen LogP contribution in [0.1, 0.15) is 18.5 Å². The van der Waals surface area contributed by atoms with Gasteiger partial charge in [-0.1, -0.05) is 30.3 Å². The minimum absolute atomic E-state index is 0.0683. The molecule has 0 amide bonds. The zero-order valence-corrected chi connectivity index (χ0v) is 9.91. The topological polar surface area (TPSA) is 52.5 Å². The molecular weight excluding hydrogens is 247 g/mol. The summed E-state index contributed by atoms with van der Waals surface area (Å²) >= 11 is 0. The van der Waals surface area contributed by atoms with E-state index in [1.54, 1.807) is 6.07 Å². The zero-order valence-electron chi connectivity index (χ0n) is 9.91. The highest BCUT2D eigenvalue weighted by atomic mass is 19.4. The van der Waals surface area contributed by atoms with Crippen molar-refractivity contribution in [3.05, 3.63) is 35.9 Å². The Morgan fingerprint density at radius 3 is 2.22 bits per heavy atom. The first-order chi connectivity index (χ1) is 8.26. The molecule has 2 unspecified atom stereocenters. The average molecular weight is 263 g/mol. The van der Waals surface area contributed by atoms with E-state index in [4.69, 9.17) is 5.11 Å². The summed E-state index contributed by atoms with van der Waals surface area (Å²) < 4.78 is 38.6.